The van der Waals surface area contributed by atoms with Gasteiger partial charge in [0, 0.05) is 0 Å². The first-order valence-corrected chi connectivity index (χ1v) is 4.20. The molecule has 12 heavy (non-hydrogen) atoms. The van der Waals surface area contributed by atoms with Crippen LogP contribution in [-0.4, -0.2) is 6.79 Å². The maximum atomic E-state index is 7.50. The summed E-state index contributed by atoms with van der Waals surface area (Å²) in [6.45, 7) is 10.9. The van der Waals surface area contributed by atoms with E-state index in [0.717, 1.165) is 0 Å². The van der Waals surface area contributed by atoms with Gasteiger partial charge in [-0.3, -0.25) is 4.79 Å². The molecule has 0 aliphatic rings. The van der Waals surface area contributed by atoms with E-state index < -0.39 is 0 Å². The first kappa shape index (κ1) is 11.4. The predicted molar refractivity (Wildman–Crippen MR) is 46.0 cm³/mol. The monoisotopic (exact) mass is 199 g/mol. The number of hydrogen-bond acceptors (Lipinski definition) is 1. The fraction of sp³-hybridized carbons (Fsp3) is 0.300. The molecule has 0 aliphatic heterocycles. The molecule has 0 aliphatic carbocycles. The number of aryl methyl sites for hydroxylation is 3. The third kappa shape index (κ3) is 2.81. The Hall–Kier alpha value is -0.578. The van der Waals surface area contributed by atoms with E-state index in [1.807, 2.05) is 0 Å². The molecule has 63 valence electrons. The van der Waals surface area contributed by atoms with Gasteiger partial charge in [-0.15, -0.1) is 0 Å². The van der Waals surface area contributed by atoms with E-state index in [9.17, 15) is 0 Å². The topological polar surface area (TPSA) is 17.1 Å². The minimum Gasteiger partial charge on any atom is -0.281 e. The maximum absolute atomic E-state index is 7.50. The normalized spacial score (nSPS) is 8.58. The van der Waals surface area contributed by atoms with Crippen molar-refractivity contribution in [3.63, 3.8) is 0 Å². The second kappa shape index (κ2) is 5.14. The van der Waals surface area contributed by atoms with Crippen molar-refractivity contribution in [2.45, 2.75) is 20.8 Å². The van der Waals surface area contributed by atoms with Gasteiger partial charge < -0.3 is 0 Å². The van der Waals surface area contributed by atoms with Gasteiger partial charge in [0.1, 0.15) is 0 Å². The summed E-state index contributed by atoms with van der Waals surface area (Å²) < 4.78 is 1.30. The van der Waals surface area contributed by atoms with Crippen molar-refractivity contribution in [2.75, 3.05) is 0 Å². The van der Waals surface area contributed by atoms with E-state index in [0.29, 0.717) is 0 Å². The molecule has 1 rings (SSSR count). The third-order valence-corrected chi connectivity index (χ3v) is 2.61. The van der Waals surface area contributed by atoms with E-state index >= 15 is 0 Å². The van der Waals surface area contributed by atoms with Crippen LogP contribution in [0, 0.1) is 20.8 Å². The van der Waals surface area contributed by atoms with Crippen molar-refractivity contribution in [2.24, 2.45) is 0 Å². The second-order valence-electron chi connectivity index (χ2n) is 2.73. The summed E-state index contributed by atoms with van der Waals surface area (Å²) in [6.07, 6.45) is 0. The van der Waals surface area contributed by atoms with E-state index in [1.165, 1.54) is 21.1 Å². The summed E-state index contributed by atoms with van der Waals surface area (Å²) in [7, 11) is 0. The Morgan fingerprint density at radius 1 is 1.08 bits per heavy atom. The molecule has 0 saturated heterocycles. The van der Waals surface area contributed by atoms with Crippen molar-refractivity contribution in [3.8, 4) is 0 Å². The molecule has 0 spiro atoms. The van der Waals surface area contributed by atoms with E-state index in [4.69, 9.17) is 4.79 Å². The van der Waals surface area contributed by atoms with Gasteiger partial charge in [-0.1, -0.05) is 0 Å². The van der Waals surface area contributed by atoms with Crippen LogP contribution < -0.4 is 4.43 Å². The van der Waals surface area contributed by atoms with Crippen molar-refractivity contribution in [1.82, 2.24) is 0 Å². The molecule has 2 heteroatoms. The average molecular weight is 199 g/mol. The van der Waals surface area contributed by atoms with Gasteiger partial charge in [-0.2, -0.15) is 0 Å². The van der Waals surface area contributed by atoms with Crippen molar-refractivity contribution >= 4 is 11.2 Å². The molecule has 0 N–H and O–H groups in total. The molecule has 1 aromatic carbocycles. The van der Waals surface area contributed by atoms with Gasteiger partial charge in [0.25, 0.3) is 6.79 Å². The van der Waals surface area contributed by atoms with Crippen LogP contribution in [-0.2, 0) is 21.1 Å². The molecule has 0 aromatic heterocycles. The zero-order chi connectivity index (χ0) is 9.72. The summed E-state index contributed by atoms with van der Waals surface area (Å²) in [5.41, 5.74) is 4.03. The van der Waals surface area contributed by atoms with Crippen molar-refractivity contribution < 1.29 is 21.1 Å². The molecular formula is C10H11CrO. The molecule has 0 atom stereocenters. The van der Waals surface area contributed by atoms with Gasteiger partial charge in [-0.05, 0) is 0 Å². The van der Waals surface area contributed by atoms with E-state index in [2.05, 4.69) is 56.0 Å². The standard InChI is InChI=1S/C9H11.CO.Cr/c1-7-4-8(2)6-9(3)5-7;1-2;/h4-5H,1-3H3;;. The fourth-order valence-electron chi connectivity index (χ4n) is 1.17. The Morgan fingerprint density at radius 2 is 1.42 bits per heavy atom. The van der Waals surface area contributed by atoms with Crippen LogP contribution in [0.3, 0.4) is 0 Å². The van der Waals surface area contributed by atoms with Crippen LogP contribution in [0.15, 0.2) is 12.1 Å². The molecule has 1 nitrogen and oxygen atoms in total. The van der Waals surface area contributed by atoms with Crippen LogP contribution in [0.25, 0.3) is 0 Å². The third-order valence-electron chi connectivity index (χ3n) is 1.60. The summed E-state index contributed by atoms with van der Waals surface area (Å²) in [6, 6.07) is 4.39. The average Bonchev–Trinajstić information content (AvgIpc) is 2.04. The first-order chi connectivity index (χ1) is 5.61. The maximum Gasteiger partial charge on any atom is 0.281 e. The van der Waals surface area contributed by atoms with Gasteiger partial charge in [0.2, 0.25) is 0 Å². The Bertz CT molecular complexity index is 246. The molecule has 0 amide bonds. The second-order valence-corrected chi connectivity index (χ2v) is 3.37. The molecule has 1 aromatic rings. The zero-order valence-corrected chi connectivity index (χ0v) is 8.75. The fourth-order valence-corrected chi connectivity index (χ4v) is 1.35. The molecule has 0 saturated carbocycles. The van der Waals surface area contributed by atoms with Gasteiger partial charge in [0.05, 0.1) is 0 Å². The largest absolute Gasteiger partial charge is 0.281 e. The molecule has 0 bridgehead atoms. The molecule has 2 radical (unpaired) electrons. The van der Waals surface area contributed by atoms with Crippen molar-refractivity contribution in [1.29, 1.82) is 0 Å². The van der Waals surface area contributed by atoms with E-state index in [1.54, 1.807) is 0 Å². The zero-order valence-electron chi connectivity index (χ0n) is 7.47. The Balaban J connectivity index is 0.000000561. The number of carbonyl (C=O) groups excluding carboxylic acids is 1. The van der Waals surface area contributed by atoms with Crippen molar-refractivity contribution in [3.05, 3.63) is 28.8 Å². The summed E-state index contributed by atoms with van der Waals surface area (Å²) in [5.74, 6) is 0. The predicted octanol–water partition coefficient (Wildman–Crippen LogP) is 1.39. The first-order valence-electron chi connectivity index (χ1n) is 3.56. The van der Waals surface area contributed by atoms with Gasteiger partial charge >= 0.3 is 70.3 Å². The summed E-state index contributed by atoms with van der Waals surface area (Å²) >= 11 is 3.07. The number of benzene rings is 1. The molecule has 0 unspecified atom stereocenters. The Labute approximate surface area is 82.2 Å². The molecule has 0 heterocycles. The number of rotatable bonds is 0. The van der Waals surface area contributed by atoms with Crippen LogP contribution in [0.4, 0.5) is 0 Å². The van der Waals surface area contributed by atoms with Crippen LogP contribution in [0.5, 0.6) is 0 Å². The molecular weight excluding hydrogens is 188 g/mol. The SMILES string of the molecule is Cc1cc(C)[c]([Cr])c(C)c1.[C]=O. The quantitative estimate of drug-likeness (QED) is 0.617. The summed E-state index contributed by atoms with van der Waals surface area (Å²) in [4.78, 5) is 7.50. The van der Waals surface area contributed by atoms with E-state index in [-0.39, 0.29) is 0 Å². The smallest absolute Gasteiger partial charge is 0.281 e. The summed E-state index contributed by atoms with van der Waals surface area (Å²) in [5, 5.41) is 0. The minimum absolute atomic E-state index is 1.30. The minimum atomic E-state index is 1.30. The Morgan fingerprint density at radius 3 is 1.75 bits per heavy atom. The van der Waals surface area contributed by atoms with Gasteiger partial charge in [-0.25, -0.2) is 0 Å². The van der Waals surface area contributed by atoms with Crippen LogP contribution >= 0.6 is 0 Å². The van der Waals surface area contributed by atoms with Crippen LogP contribution in [0.2, 0.25) is 0 Å². The number of hydrogen-bond donors (Lipinski definition) is 0. The Kier molecular flexibility index (Phi) is 4.89. The van der Waals surface area contributed by atoms with Crippen LogP contribution in [0.1, 0.15) is 16.7 Å². The van der Waals surface area contributed by atoms with Gasteiger partial charge in [0.15, 0.2) is 0 Å². The molecule has 0 fully saturated rings.